The monoisotopic (exact) mass is 200 g/mol. The average molecular weight is 200 g/mol. The first-order valence-electron chi connectivity index (χ1n) is 5.18. The predicted octanol–water partition coefficient (Wildman–Crippen LogP) is 2.05. The van der Waals surface area contributed by atoms with Crippen LogP contribution < -0.4 is 0 Å². The largest absolute Gasteiger partial charge is 0.464 e. The van der Waals surface area contributed by atoms with Crippen molar-refractivity contribution in [2.24, 2.45) is 0 Å². The summed E-state index contributed by atoms with van der Waals surface area (Å²) in [6.45, 7) is 5.97. The van der Waals surface area contributed by atoms with Crippen molar-refractivity contribution in [3.63, 3.8) is 0 Å². The molecule has 3 heteroatoms. The van der Waals surface area contributed by atoms with Crippen LogP contribution in [0, 0.1) is 0 Å². The summed E-state index contributed by atoms with van der Waals surface area (Å²) in [7, 11) is 0. The van der Waals surface area contributed by atoms with E-state index in [1.54, 1.807) is 0 Å². The molecule has 0 amide bonds. The van der Waals surface area contributed by atoms with E-state index in [1.165, 1.54) is 6.08 Å². The van der Waals surface area contributed by atoms with Gasteiger partial charge in [-0.2, -0.15) is 0 Å². The van der Waals surface area contributed by atoms with Gasteiger partial charge in [0.05, 0.1) is 6.61 Å². The second-order valence-electron chi connectivity index (χ2n) is 3.27. The van der Waals surface area contributed by atoms with Crippen LogP contribution in [-0.4, -0.2) is 23.8 Å². The summed E-state index contributed by atoms with van der Waals surface area (Å²) in [5.41, 5.74) is 0. The lowest BCUT2D eigenvalue weighted by molar-refractivity contribution is -0.153. The molecule has 1 N–H and O–H groups in total. The predicted molar refractivity (Wildman–Crippen MR) is 55.9 cm³/mol. The van der Waals surface area contributed by atoms with Gasteiger partial charge in [-0.3, -0.25) is 0 Å². The summed E-state index contributed by atoms with van der Waals surface area (Å²) in [4.78, 5) is 11.0. The lowest BCUT2D eigenvalue weighted by Crippen LogP contribution is -2.22. The molecule has 1 unspecified atom stereocenters. The number of carbonyl (C=O) groups is 1. The van der Waals surface area contributed by atoms with Gasteiger partial charge in [-0.25, -0.2) is 4.79 Å². The van der Waals surface area contributed by atoms with Gasteiger partial charge in [0.25, 0.3) is 0 Å². The Morgan fingerprint density at radius 2 is 2.21 bits per heavy atom. The zero-order valence-electron chi connectivity index (χ0n) is 8.87. The second-order valence-corrected chi connectivity index (χ2v) is 3.27. The standard InChI is InChI=1S/C11H20O3/c1-3-5-6-7-9-14-11(13)10(12)8-4-2/h4,10,12H,2-3,5-9H2,1H3. The van der Waals surface area contributed by atoms with Crippen molar-refractivity contribution in [1.82, 2.24) is 0 Å². The third kappa shape index (κ3) is 6.66. The Morgan fingerprint density at radius 1 is 1.50 bits per heavy atom. The van der Waals surface area contributed by atoms with Crippen molar-refractivity contribution in [3.8, 4) is 0 Å². The summed E-state index contributed by atoms with van der Waals surface area (Å²) in [5.74, 6) is -0.540. The second kappa shape index (κ2) is 8.75. The Balaban J connectivity index is 3.38. The lowest BCUT2D eigenvalue weighted by Gasteiger charge is -2.08. The van der Waals surface area contributed by atoms with Gasteiger partial charge in [-0.15, -0.1) is 6.58 Å². The van der Waals surface area contributed by atoms with E-state index in [-0.39, 0.29) is 6.42 Å². The van der Waals surface area contributed by atoms with Crippen molar-refractivity contribution >= 4 is 5.97 Å². The van der Waals surface area contributed by atoms with Crippen LogP contribution >= 0.6 is 0 Å². The Kier molecular flexibility index (Phi) is 8.24. The molecular weight excluding hydrogens is 180 g/mol. The first-order chi connectivity index (χ1) is 6.72. The topological polar surface area (TPSA) is 46.5 Å². The number of unbranched alkanes of at least 4 members (excludes halogenated alkanes) is 3. The fourth-order valence-corrected chi connectivity index (χ4v) is 1.05. The van der Waals surface area contributed by atoms with Crippen LogP contribution in [0.5, 0.6) is 0 Å². The highest BCUT2D eigenvalue weighted by Crippen LogP contribution is 2.01. The Morgan fingerprint density at radius 3 is 2.79 bits per heavy atom. The number of carbonyl (C=O) groups excluding carboxylic acids is 1. The smallest absolute Gasteiger partial charge is 0.335 e. The van der Waals surface area contributed by atoms with E-state index in [9.17, 15) is 9.90 Å². The van der Waals surface area contributed by atoms with Crippen LogP contribution in [0.4, 0.5) is 0 Å². The van der Waals surface area contributed by atoms with E-state index < -0.39 is 12.1 Å². The minimum absolute atomic E-state index is 0.258. The fraction of sp³-hybridized carbons (Fsp3) is 0.727. The number of hydrogen-bond donors (Lipinski definition) is 1. The third-order valence-corrected chi connectivity index (χ3v) is 1.90. The maximum atomic E-state index is 11.0. The van der Waals surface area contributed by atoms with E-state index in [0.29, 0.717) is 6.61 Å². The highest BCUT2D eigenvalue weighted by atomic mass is 16.5. The lowest BCUT2D eigenvalue weighted by atomic mass is 10.2. The van der Waals surface area contributed by atoms with Gasteiger partial charge in [0.2, 0.25) is 0 Å². The summed E-state index contributed by atoms with van der Waals surface area (Å²) in [6.07, 6.45) is 4.98. The minimum Gasteiger partial charge on any atom is -0.464 e. The minimum atomic E-state index is -1.04. The van der Waals surface area contributed by atoms with Crippen LogP contribution in [0.2, 0.25) is 0 Å². The number of aliphatic hydroxyl groups is 1. The van der Waals surface area contributed by atoms with E-state index in [2.05, 4.69) is 13.5 Å². The molecule has 0 rings (SSSR count). The maximum Gasteiger partial charge on any atom is 0.335 e. The number of hydrogen-bond acceptors (Lipinski definition) is 3. The van der Waals surface area contributed by atoms with Crippen molar-refractivity contribution in [3.05, 3.63) is 12.7 Å². The number of esters is 1. The molecule has 3 nitrogen and oxygen atoms in total. The van der Waals surface area contributed by atoms with Crippen LogP contribution in [0.15, 0.2) is 12.7 Å². The normalized spacial score (nSPS) is 12.1. The summed E-state index contributed by atoms with van der Waals surface area (Å²) in [5, 5.41) is 9.17. The quantitative estimate of drug-likeness (QED) is 0.370. The fourth-order valence-electron chi connectivity index (χ4n) is 1.05. The van der Waals surface area contributed by atoms with Gasteiger partial charge in [0.1, 0.15) is 0 Å². The van der Waals surface area contributed by atoms with Crippen molar-refractivity contribution < 1.29 is 14.6 Å². The van der Waals surface area contributed by atoms with Crippen molar-refractivity contribution in [2.45, 2.75) is 45.1 Å². The molecule has 0 aromatic heterocycles. The van der Waals surface area contributed by atoms with Gasteiger partial charge < -0.3 is 9.84 Å². The van der Waals surface area contributed by atoms with Gasteiger partial charge in [-0.05, 0) is 6.42 Å². The molecule has 82 valence electrons. The number of ether oxygens (including phenoxy) is 1. The molecular formula is C11H20O3. The molecule has 0 bridgehead atoms. The third-order valence-electron chi connectivity index (χ3n) is 1.90. The molecule has 0 saturated heterocycles. The van der Waals surface area contributed by atoms with Crippen LogP contribution in [0.1, 0.15) is 39.0 Å². The SMILES string of the molecule is C=CCC(O)C(=O)OCCCCCC. The summed E-state index contributed by atoms with van der Waals surface area (Å²) in [6, 6.07) is 0. The Labute approximate surface area is 85.8 Å². The Hall–Kier alpha value is -0.830. The molecule has 0 radical (unpaired) electrons. The molecule has 0 aromatic rings. The Bertz CT molecular complexity index is 166. The summed E-state index contributed by atoms with van der Waals surface area (Å²) < 4.78 is 4.87. The molecule has 0 aliphatic carbocycles. The zero-order valence-corrected chi connectivity index (χ0v) is 8.87. The van der Waals surface area contributed by atoms with Gasteiger partial charge in [0, 0.05) is 6.42 Å². The van der Waals surface area contributed by atoms with Gasteiger partial charge in [0.15, 0.2) is 6.10 Å². The zero-order chi connectivity index (χ0) is 10.8. The number of aliphatic hydroxyl groups excluding tert-OH is 1. The van der Waals surface area contributed by atoms with E-state index in [1.807, 2.05) is 0 Å². The highest BCUT2D eigenvalue weighted by Gasteiger charge is 2.13. The molecule has 0 aliphatic heterocycles. The van der Waals surface area contributed by atoms with Gasteiger partial charge in [-0.1, -0.05) is 32.3 Å². The molecule has 0 spiro atoms. The molecule has 0 fully saturated rings. The van der Waals surface area contributed by atoms with E-state index in [4.69, 9.17) is 4.74 Å². The molecule has 0 saturated carbocycles. The molecule has 0 heterocycles. The molecule has 1 atom stereocenters. The van der Waals surface area contributed by atoms with Crippen LogP contribution in [0.25, 0.3) is 0 Å². The summed E-state index contributed by atoms with van der Waals surface area (Å²) >= 11 is 0. The van der Waals surface area contributed by atoms with Crippen molar-refractivity contribution in [1.29, 1.82) is 0 Å². The number of rotatable bonds is 8. The van der Waals surface area contributed by atoms with E-state index >= 15 is 0 Å². The van der Waals surface area contributed by atoms with E-state index in [0.717, 1.165) is 25.7 Å². The maximum absolute atomic E-state index is 11.0. The molecule has 0 aromatic carbocycles. The highest BCUT2D eigenvalue weighted by molar-refractivity contribution is 5.74. The van der Waals surface area contributed by atoms with Gasteiger partial charge >= 0.3 is 5.97 Å². The average Bonchev–Trinajstić information content (AvgIpc) is 2.17. The van der Waals surface area contributed by atoms with Crippen molar-refractivity contribution in [2.75, 3.05) is 6.61 Å². The van der Waals surface area contributed by atoms with Crippen LogP contribution in [-0.2, 0) is 9.53 Å². The first-order valence-corrected chi connectivity index (χ1v) is 5.18. The molecule has 14 heavy (non-hydrogen) atoms. The molecule has 0 aliphatic rings. The first kappa shape index (κ1) is 13.2. The van der Waals surface area contributed by atoms with Crippen LogP contribution in [0.3, 0.4) is 0 Å².